The fourth-order valence-corrected chi connectivity index (χ4v) is 3.30. The van der Waals surface area contributed by atoms with E-state index in [1.807, 2.05) is 24.0 Å². The zero-order valence-corrected chi connectivity index (χ0v) is 14.3. The Labute approximate surface area is 142 Å². The third-order valence-electron chi connectivity index (χ3n) is 4.75. The van der Waals surface area contributed by atoms with Crippen LogP contribution in [0.15, 0.2) is 35.1 Å². The van der Waals surface area contributed by atoms with Crippen LogP contribution in [0.3, 0.4) is 0 Å². The molecule has 0 bridgehead atoms. The lowest BCUT2D eigenvalue weighted by Crippen LogP contribution is -2.40. The Morgan fingerprint density at radius 1 is 1.38 bits per heavy atom. The van der Waals surface area contributed by atoms with Crippen molar-refractivity contribution >= 4 is 5.91 Å². The molecule has 5 heteroatoms. The number of piperidine rings is 1. The highest BCUT2D eigenvalue weighted by atomic mass is 16.5. The van der Waals surface area contributed by atoms with Gasteiger partial charge in [0.05, 0.1) is 12.8 Å². The number of benzene rings is 1. The summed E-state index contributed by atoms with van der Waals surface area (Å²) in [7, 11) is 1.68. The average Bonchev–Trinajstić information content (AvgIpc) is 3.06. The molecule has 1 atom stereocenters. The highest BCUT2D eigenvalue weighted by Gasteiger charge is 2.27. The first-order chi connectivity index (χ1) is 11.7. The molecular weight excluding hydrogens is 304 g/mol. The van der Waals surface area contributed by atoms with Crippen LogP contribution in [0.1, 0.15) is 41.1 Å². The molecule has 1 fully saturated rings. The summed E-state index contributed by atoms with van der Waals surface area (Å²) < 4.78 is 10.4. The van der Waals surface area contributed by atoms with Crippen LogP contribution in [0.5, 0.6) is 5.75 Å². The van der Waals surface area contributed by atoms with Gasteiger partial charge in [0.1, 0.15) is 5.75 Å². The van der Waals surface area contributed by atoms with Crippen molar-refractivity contribution in [1.29, 1.82) is 0 Å². The third kappa shape index (κ3) is 3.78. The van der Waals surface area contributed by atoms with Gasteiger partial charge in [-0.05, 0) is 56.2 Å². The zero-order chi connectivity index (χ0) is 16.9. The van der Waals surface area contributed by atoms with Gasteiger partial charge in [0.15, 0.2) is 6.39 Å². The SMILES string of the molecule is COc1ccc(CCC2CCCN(C(=O)c3ocnc3C)C2)cc1. The number of nitrogens with zero attached hydrogens (tertiary/aromatic N) is 2. The highest BCUT2D eigenvalue weighted by Crippen LogP contribution is 2.24. The summed E-state index contributed by atoms with van der Waals surface area (Å²) in [6, 6.07) is 8.22. The quantitative estimate of drug-likeness (QED) is 0.843. The summed E-state index contributed by atoms with van der Waals surface area (Å²) in [5.41, 5.74) is 1.98. The van der Waals surface area contributed by atoms with E-state index >= 15 is 0 Å². The first-order valence-corrected chi connectivity index (χ1v) is 8.49. The van der Waals surface area contributed by atoms with Crippen molar-refractivity contribution in [3.8, 4) is 5.75 Å². The fraction of sp³-hybridized carbons (Fsp3) is 0.474. The molecule has 1 unspecified atom stereocenters. The van der Waals surface area contributed by atoms with Crippen LogP contribution in [0.2, 0.25) is 0 Å². The number of amides is 1. The lowest BCUT2D eigenvalue weighted by atomic mass is 9.91. The fourth-order valence-electron chi connectivity index (χ4n) is 3.30. The van der Waals surface area contributed by atoms with Gasteiger partial charge in [0.25, 0.3) is 5.91 Å². The van der Waals surface area contributed by atoms with Crippen molar-refractivity contribution in [2.75, 3.05) is 20.2 Å². The van der Waals surface area contributed by atoms with E-state index in [9.17, 15) is 4.79 Å². The zero-order valence-electron chi connectivity index (χ0n) is 14.3. The summed E-state index contributed by atoms with van der Waals surface area (Å²) in [6.45, 7) is 3.41. The van der Waals surface area contributed by atoms with E-state index in [0.29, 0.717) is 17.4 Å². The molecule has 0 N–H and O–H groups in total. The van der Waals surface area contributed by atoms with E-state index in [-0.39, 0.29) is 5.91 Å². The van der Waals surface area contributed by atoms with Crippen LogP contribution in [-0.2, 0) is 6.42 Å². The second kappa shape index (κ2) is 7.51. The largest absolute Gasteiger partial charge is 0.497 e. The average molecular weight is 328 g/mol. The van der Waals surface area contributed by atoms with Crippen LogP contribution in [0, 0.1) is 12.8 Å². The molecule has 5 nitrogen and oxygen atoms in total. The Morgan fingerprint density at radius 3 is 2.83 bits per heavy atom. The van der Waals surface area contributed by atoms with Crippen LogP contribution >= 0.6 is 0 Å². The number of hydrogen-bond donors (Lipinski definition) is 0. The molecule has 0 saturated carbocycles. The summed E-state index contributed by atoms with van der Waals surface area (Å²) in [5, 5.41) is 0. The molecule has 0 aliphatic carbocycles. The number of oxazole rings is 1. The van der Waals surface area contributed by atoms with Gasteiger partial charge in [-0.2, -0.15) is 0 Å². The molecule has 2 aromatic rings. The predicted molar refractivity (Wildman–Crippen MR) is 91.2 cm³/mol. The molecule has 24 heavy (non-hydrogen) atoms. The first-order valence-electron chi connectivity index (χ1n) is 8.49. The number of hydrogen-bond acceptors (Lipinski definition) is 4. The molecule has 1 aromatic carbocycles. The van der Waals surface area contributed by atoms with Gasteiger partial charge in [0.2, 0.25) is 5.76 Å². The molecule has 128 valence electrons. The number of aromatic nitrogens is 1. The second-order valence-electron chi connectivity index (χ2n) is 6.41. The number of ether oxygens (including phenoxy) is 1. The molecule has 0 radical (unpaired) electrons. The van der Waals surface area contributed by atoms with Gasteiger partial charge >= 0.3 is 0 Å². The maximum atomic E-state index is 12.6. The Bertz CT molecular complexity index is 678. The number of carbonyl (C=O) groups excluding carboxylic acids is 1. The molecule has 3 rings (SSSR count). The minimum absolute atomic E-state index is 0.0286. The van der Waals surface area contributed by atoms with Crippen molar-refractivity contribution in [1.82, 2.24) is 9.88 Å². The maximum Gasteiger partial charge on any atom is 0.291 e. The van der Waals surface area contributed by atoms with Crippen molar-refractivity contribution < 1.29 is 13.9 Å². The summed E-state index contributed by atoms with van der Waals surface area (Å²) in [4.78, 5) is 18.5. The van der Waals surface area contributed by atoms with Crippen molar-refractivity contribution in [3.63, 3.8) is 0 Å². The van der Waals surface area contributed by atoms with Crippen LogP contribution < -0.4 is 4.74 Å². The Kier molecular flexibility index (Phi) is 5.18. The van der Waals surface area contributed by atoms with Crippen LogP contribution in [0.25, 0.3) is 0 Å². The van der Waals surface area contributed by atoms with Gasteiger partial charge in [-0.15, -0.1) is 0 Å². The Balaban J connectivity index is 1.55. The molecule has 1 aliphatic heterocycles. The summed E-state index contributed by atoms with van der Waals surface area (Å²) in [5.74, 6) is 1.77. The molecule has 1 saturated heterocycles. The van der Waals surface area contributed by atoms with E-state index in [2.05, 4.69) is 17.1 Å². The van der Waals surface area contributed by atoms with Crippen molar-refractivity contribution in [3.05, 3.63) is 47.7 Å². The number of carbonyl (C=O) groups is 1. The molecule has 1 aromatic heterocycles. The topological polar surface area (TPSA) is 55.6 Å². The minimum atomic E-state index is -0.0286. The van der Waals surface area contributed by atoms with Crippen LogP contribution in [0.4, 0.5) is 0 Å². The molecular formula is C19H24N2O3. The predicted octanol–water partition coefficient (Wildman–Crippen LogP) is 3.48. The van der Waals surface area contributed by atoms with Gasteiger partial charge < -0.3 is 14.1 Å². The molecule has 2 heterocycles. The number of methoxy groups -OCH3 is 1. The molecule has 0 spiro atoms. The monoisotopic (exact) mass is 328 g/mol. The van der Waals surface area contributed by atoms with Crippen molar-refractivity contribution in [2.45, 2.75) is 32.6 Å². The Morgan fingerprint density at radius 2 is 2.17 bits per heavy atom. The van der Waals surface area contributed by atoms with E-state index in [0.717, 1.165) is 38.1 Å². The van der Waals surface area contributed by atoms with Crippen LogP contribution in [-0.4, -0.2) is 36.0 Å². The molecule has 1 amide bonds. The molecule has 1 aliphatic rings. The van der Waals surface area contributed by atoms with Gasteiger partial charge in [-0.25, -0.2) is 4.98 Å². The normalized spacial score (nSPS) is 17.8. The van der Waals surface area contributed by atoms with Crippen molar-refractivity contribution in [2.24, 2.45) is 5.92 Å². The van der Waals surface area contributed by atoms with Gasteiger partial charge in [-0.3, -0.25) is 4.79 Å². The standard InChI is InChI=1S/C19H24N2O3/c1-14-18(24-13-20-14)19(22)21-11-3-4-16(12-21)6-5-15-7-9-17(23-2)10-8-15/h7-10,13,16H,3-6,11-12H2,1-2H3. The lowest BCUT2D eigenvalue weighted by Gasteiger charge is -2.32. The van der Waals surface area contributed by atoms with E-state index < -0.39 is 0 Å². The van der Waals surface area contributed by atoms with E-state index in [1.165, 1.54) is 18.4 Å². The highest BCUT2D eigenvalue weighted by molar-refractivity contribution is 5.92. The summed E-state index contributed by atoms with van der Waals surface area (Å²) in [6.07, 6.45) is 5.68. The second-order valence-corrected chi connectivity index (χ2v) is 6.41. The lowest BCUT2D eigenvalue weighted by molar-refractivity contribution is 0.0635. The third-order valence-corrected chi connectivity index (χ3v) is 4.75. The summed E-state index contributed by atoms with van der Waals surface area (Å²) >= 11 is 0. The first kappa shape index (κ1) is 16.6. The van der Waals surface area contributed by atoms with E-state index in [4.69, 9.17) is 9.15 Å². The van der Waals surface area contributed by atoms with Gasteiger partial charge in [0, 0.05) is 13.1 Å². The Hall–Kier alpha value is -2.30. The smallest absolute Gasteiger partial charge is 0.291 e. The maximum absolute atomic E-state index is 12.6. The number of aryl methyl sites for hydroxylation is 2. The number of rotatable bonds is 5. The number of likely N-dealkylation sites (tertiary alicyclic amines) is 1. The minimum Gasteiger partial charge on any atom is -0.497 e. The van der Waals surface area contributed by atoms with E-state index in [1.54, 1.807) is 7.11 Å². The van der Waals surface area contributed by atoms with Gasteiger partial charge in [-0.1, -0.05) is 12.1 Å².